The Morgan fingerprint density at radius 1 is 0.941 bits per heavy atom. The molecule has 0 saturated heterocycles. The van der Waals surface area contributed by atoms with E-state index < -0.39 is 0 Å². The molecule has 178 valence electrons. The minimum Gasteiger partial charge on any atom is -0.352 e. The van der Waals surface area contributed by atoms with Gasteiger partial charge >= 0.3 is 0 Å². The summed E-state index contributed by atoms with van der Waals surface area (Å²) in [6.07, 6.45) is 2.06. The van der Waals surface area contributed by atoms with Crippen LogP contribution in [0.3, 0.4) is 0 Å². The van der Waals surface area contributed by atoms with Crippen molar-refractivity contribution in [3.63, 3.8) is 0 Å². The maximum Gasteiger partial charge on any atom is 0.257 e. The van der Waals surface area contributed by atoms with E-state index in [0.717, 1.165) is 17.3 Å². The first-order chi connectivity index (χ1) is 16.4. The van der Waals surface area contributed by atoms with Crippen LogP contribution in [-0.2, 0) is 11.2 Å². The molecule has 0 fully saturated rings. The third-order valence-electron chi connectivity index (χ3n) is 5.17. The molecule has 0 spiro atoms. The van der Waals surface area contributed by atoms with Crippen LogP contribution in [0.25, 0.3) is 0 Å². The average Bonchev–Trinajstić information content (AvgIpc) is 3.27. The maximum absolute atomic E-state index is 12.5. The van der Waals surface area contributed by atoms with Gasteiger partial charge in [-0.1, -0.05) is 47.2 Å². The van der Waals surface area contributed by atoms with Crippen molar-refractivity contribution in [3.05, 3.63) is 69.1 Å². The summed E-state index contributed by atoms with van der Waals surface area (Å²) in [5.41, 5.74) is 1.66. The average molecular weight is 544 g/mol. The van der Waals surface area contributed by atoms with E-state index in [4.69, 9.17) is 0 Å². The number of halogens is 1. The lowest BCUT2D eigenvalue weighted by molar-refractivity contribution is -0.120. The van der Waals surface area contributed by atoms with Gasteiger partial charge in [-0.25, -0.2) is 0 Å². The molecule has 0 saturated carbocycles. The van der Waals surface area contributed by atoms with Crippen LogP contribution in [0.15, 0.2) is 53.0 Å². The van der Waals surface area contributed by atoms with Crippen molar-refractivity contribution < 1.29 is 14.4 Å². The van der Waals surface area contributed by atoms with E-state index in [0.29, 0.717) is 39.9 Å². The largest absolute Gasteiger partial charge is 0.352 e. The fourth-order valence-corrected chi connectivity index (χ4v) is 4.33. The van der Waals surface area contributed by atoms with Crippen molar-refractivity contribution in [3.8, 4) is 0 Å². The lowest BCUT2D eigenvalue weighted by atomic mass is 10.0. The number of nitrogens with one attached hydrogen (secondary N) is 3. The summed E-state index contributed by atoms with van der Waals surface area (Å²) in [6.45, 7) is 4.37. The van der Waals surface area contributed by atoms with Crippen molar-refractivity contribution in [2.24, 2.45) is 5.92 Å². The predicted octanol–water partition coefficient (Wildman–Crippen LogP) is 4.90. The van der Waals surface area contributed by atoms with Crippen LogP contribution in [0.1, 0.15) is 52.4 Å². The smallest absolute Gasteiger partial charge is 0.257 e. The Morgan fingerprint density at radius 2 is 1.68 bits per heavy atom. The fraction of sp³-hybridized carbons (Fsp3) is 0.292. The van der Waals surface area contributed by atoms with Crippen molar-refractivity contribution >= 4 is 55.8 Å². The van der Waals surface area contributed by atoms with Crippen LogP contribution >= 0.6 is 27.3 Å². The van der Waals surface area contributed by atoms with Gasteiger partial charge in [-0.05, 0) is 55.3 Å². The molecule has 8 nitrogen and oxygen atoms in total. The molecule has 0 aliphatic carbocycles. The van der Waals surface area contributed by atoms with Crippen LogP contribution in [0.2, 0.25) is 0 Å². The molecule has 0 atom stereocenters. The summed E-state index contributed by atoms with van der Waals surface area (Å²) >= 11 is 4.61. The molecule has 1 aromatic heterocycles. The van der Waals surface area contributed by atoms with E-state index in [2.05, 4.69) is 42.1 Å². The first kappa shape index (κ1) is 25.5. The van der Waals surface area contributed by atoms with Crippen molar-refractivity contribution in [2.75, 3.05) is 17.2 Å². The molecule has 0 aliphatic rings. The summed E-state index contributed by atoms with van der Waals surface area (Å²) in [5.74, 6) is -0.526. The highest BCUT2D eigenvalue weighted by atomic mass is 79.9. The topological polar surface area (TPSA) is 113 Å². The molecule has 0 unspecified atom stereocenters. The number of carbonyl (C=O) groups is 3. The Bertz CT molecular complexity index is 1150. The SMILES string of the molecule is CCC(CC)C(=O)Nc1ccc(C(=O)Nc2nnc(CCNC(=O)c3cccc(Br)c3)s2)cc1. The Labute approximate surface area is 210 Å². The van der Waals surface area contributed by atoms with Gasteiger partial charge < -0.3 is 10.6 Å². The quantitative estimate of drug-likeness (QED) is 0.336. The van der Waals surface area contributed by atoms with E-state index in [1.165, 1.54) is 11.3 Å². The van der Waals surface area contributed by atoms with E-state index in [-0.39, 0.29) is 23.6 Å². The molecule has 3 N–H and O–H groups in total. The molecule has 1 heterocycles. The van der Waals surface area contributed by atoms with E-state index in [9.17, 15) is 14.4 Å². The second kappa shape index (κ2) is 12.4. The summed E-state index contributed by atoms with van der Waals surface area (Å²) in [4.78, 5) is 36.9. The van der Waals surface area contributed by atoms with Gasteiger partial charge in [0.05, 0.1) is 0 Å². The zero-order valence-electron chi connectivity index (χ0n) is 18.9. The van der Waals surface area contributed by atoms with E-state index in [1.807, 2.05) is 19.9 Å². The number of anilines is 2. The summed E-state index contributed by atoms with van der Waals surface area (Å²) in [7, 11) is 0. The number of carbonyl (C=O) groups excluding carboxylic acids is 3. The van der Waals surface area contributed by atoms with E-state index in [1.54, 1.807) is 42.5 Å². The third kappa shape index (κ3) is 7.19. The van der Waals surface area contributed by atoms with E-state index >= 15 is 0 Å². The normalized spacial score (nSPS) is 10.7. The monoisotopic (exact) mass is 543 g/mol. The third-order valence-corrected chi connectivity index (χ3v) is 6.56. The number of rotatable bonds is 10. The molecule has 0 bridgehead atoms. The van der Waals surface area contributed by atoms with Gasteiger partial charge in [0.25, 0.3) is 11.8 Å². The molecule has 10 heteroatoms. The second-order valence-electron chi connectivity index (χ2n) is 7.55. The Hall–Kier alpha value is -3.11. The zero-order valence-corrected chi connectivity index (χ0v) is 21.3. The number of hydrogen-bond donors (Lipinski definition) is 3. The molecule has 0 radical (unpaired) electrons. The number of nitrogens with zero attached hydrogens (tertiary/aromatic N) is 2. The van der Waals surface area contributed by atoms with Gasteiger partial charge in [-0.2, -0.15) is 0 Å². The van der Waals surface area contributed by atoms with Crippen LogP contribution in [0.5, 0.6) is 0 Å². The summed E-state index contributed by atoms with van der Waals surface area (Å²) in [6, 6.07) is 13.9. The zero-order chi connectivity index (χ0) is 24.5. The lowest BCUT2D eigenvalue weighted by Gasteiger charge is -2.12. The molecular weight excluding hydrogens is 518 g/mol. The minimum atomic E-state index is -0.316. The van der Waals surface area contributed by atoms with Crippen LogP contribution in [-0.4, -0.2) is 34.5 Å². The highest BCUT2D eigenvalue weighted by Crippen LogP contribution is 2.18. The molecule has 34 heavy (non-hydrogen) atoms. The minimum absolute atomic E-state index is 0.0172. The highest BCUT2D eigenvalue weighted by Gasteiger charge is 2.15. The number of hydrogen-bond acceptors (Lipinski definition) is 6. The van der Waals surface area contributed by atoms with Gasteiger partial charge in [0.15, 0.2) is 0 Å². The number of benzene rings is 2. The van der Waals surface area contributed by atoms with Crippen molar-refractivity contribution in [2.45, 2.75) is 33.1 Å². The van der Waals surface area contributed by atoms with Gasteiger partial charge in [-0.15, -0.1) is 10.2 Å². The van der Waals surface area contributed by atoms with Gasteiger partial charge in [0.1, 0.15) is 5.01 Å². The lowest BCUT2D eigenvalue weighted by Crippen LogP contribution is -2.25. The predicted molar refractivity (Wildman–Crippen MR) is 137 cm³/mol. The first-order valence-corrected chi connectivity index (χ1v) is 12.6. The molecule has 3 amide bonds. The molecule has 2 aromatic carbocycles. The summed E-state index contributed by atoms with van der Waals surface area (Å²) < 4.78 is 0.839. The van der Waals surface area contributed by atoms with Crippen LogP contribution in [0, 0.1) is 5.92 Å². The van der Waals surface area contributed by atoms with Crippen LogP contribution < -0.4 is 16.0 Å². The van der Waals surface area contributed by atoms with Gasteiger partial charge in [-0.3, -0.25) is 19.7 Å². The van der Waals surface area contributed by atoms with Crippen LogP contribution in [0.4, 0.5) is 10.8 Å². The number of aromatic nitrogens is 2. The molecular formula is C24H26BrN5O3S. The van der Waals surface area contributed by atoms with Gasteiger partial charge in [0.2, 0.25) is 11.0 Å². The standard InChI is InChI=1S/C24H26BrN5O3S/c1-3-15(4-2)22(32)27-19-10-8-16(9-11-19)23(33)28-24-30-29-20(34-24)12-13-26-21(31)17-6-5-7-18(25)14-17/h5-11,14-15H,3-4,12-13H2,1-2H3,(H,26,31)(H,27,32)(H,28,30,33). The Morgan fingerprint density at radius 3 is 2.35 bits per heavy atom. The second-order valence-corrected chi connectivity index (χ2v) is 9.53. The maximum atomic E-state index is 12.5. The molecule has 3 rings (SSSR count). The van der Waals surface area contributed by atoms with Crippen molar-refractivity contribution in [1.82, 2.24) is 15.5 Å². The number of amides is 3. The fourth-order valence-electron chi connectivity index (χ4n) is 3.20. The summed E-state index contributed by atoms with van der Waals surface area (Å²) in [5, 5.41) is 17.6. The van der Waals surface area contributed by atoms with Gasteiger partial charge in [0, 0.05) is 40.2 Å². The highest BCUT2D eigenvalue weighted by molar-refractivity contribution is 9.10. The molecule has 0 aliphatic heterocycles. The first-order valence-electron chi connectivity index (χ1n) is 11.0. The Kier molecular flexibility index (Phi) is 9.29. The molecule has 3 aromatic rings. The van der Waals surface area contributed by atoms with Crippen molar-refractivity contribution in [1.29, 1.82) is 0 Å². The Balaban J connectivity index is 1.48.